The molecule has 2 N–H and O–H groups in total. The van der Waals surface area contributed by atoms with Crippen molar-refractivity contribution in [2.45, 2.75) is 0 Å². The van der Waals surface area contributed by atoms with Crippen LogP contribution in [0.3, 0.4) is 0 Å². The number of hydrogen-bond acceptors (Lipinski definition) is 5. The molecule has 7 heteroatoms. The van der Waals surface area contributed by atoms with Crippen molar-refractivity contribution in [3.63, 3.8) is 0 Å². The summed E-state index contributed by atoms with van der Waals surface area (Å²) in [5.74, 6) is -2.97. The Morgan fingerprint density at radius 2 is 1.45 bits per heavy atom. The van der Waals surface area contributed by atoms with Gasteiger partial charge in [0, 0.05) is 0 Å². The van der Waals surface area contributed by atoms with Crippen LogP contribution in [0.15, 0.2) is 4.63 Å². The molecule has 0 radical (unpaired) electrons. The third kappa shape index (κ3) is 1.16. The molecule has 0 aliphatic carbocycles. The zero-order valence-electron chi connectivity index (χ0n) is 5.01. The molecule has 0 bridgehead atoms. The van der Waals surface area contributed by atoms with E-state index in [4.69, 9.17) is 10.2 Å². The van der Waals surface area contributed by atoms with Gasteiger partial charge in [-0.1, -0.05) is 0 Å². The molecule has 0 amide bonds. The number of hydrogen-bond donors (Lipinski definition) is 2. The summed E-state index contributed by atoms with van der Waals surface area (Å²) in [4.78, 5) is 20.3. The lowest BCUT2D eigenvalue weighted by molar-refractivity contribution is 0.0644. The molecule has 0 aliphatic heterocycles. The summed E-state index contributed by atoms with van der Waals surface area (Å²) in [5.41, 5.74) is -1.39. The summed E-state index contributed by atoms with van der Waals surface area (Å²) in [7, 11) is 0. The predicted molar refractivity (Wildman–Crippen MR) is 28.2 cm³/mol. The van der Waals surface area contributed by atoms with Crippen LogP contribution in [0.25, 0.3) is 0 Å². The minimum atomic E-state index is -1.48. The monoisotopic (exact) mass is 158 g/mol. The number of carboxylic acids is 2. The van der Waals surface area contributed by atoms with Gasteiger partial charge in [-0.2, -0.15) is 0 Å². The zero-order chi connectivity index (χ0) is 8.43. The van der Waals surface area contributed by atoms with Crippen molar-refractivity contribution in [3.8, 4) is 0 Å². The van der Waals surface area contributed by atoms with E-state index in [1.807, 2.05) is 0 Å². The van der Waals surface area contributed by atoms with E-state index in [1.165, 1.54) is 0 Å². The van der Waals surface area contributed by atoms with E-state index in [1.54, 1.807) is 0 Å². The summed E-state index contributed by atoms with van der Waals surface area (Å²) < 4.78 is 3.91. The van der Waals surface area contributed by atoms with Gasteiger partial charge < -0.3 is 10.2 Å². The lowest BCUT2D eigenvalue weighted by Crippen LogP contribution is -2.07. The van der Waals surface area contributed by atoms with Crippen molar-refractivity contribution in [1.29, 1.82) is 0 Å². The third-order valence-electron chi connectivity index (χ3n) is 0.894. The first-order valence-electron chi connectivity index (χ1n) is 2.42. The van der Waals surface area contributed by atoms with Crippen LogP contribution in [0.4, 0.5) is 0 Å². The van der Waals surface area contributed by atoms with Gasteiger partial charge in [0.1, 0.15) is 0 Å². The Labute approximate surface area is 59.2 Å². The number of nitrogens with zero attached hydrogens (tertiary/aromatic N) is 2. The van der Waals surface area contributed by atoms with Gasteiger partial charge >= 0.3 is 11.9 Å². The molecule has 0 fully saturated rings. The van der Waals surface area contributed by atoms with E-state index in [0.717, 1.165) is 0 Å². The Bertz CT molecular complexity index is 275. The molecular weight excluding hydrogens is 156 g/mol. The minimum absolute atomic E-state index is 0.697. The summed E-state index contributed by atoms with van der Waals surface area (Å²) in [6.45, 7) is 0. The third-order valence-corrected chi connectivity index (χ3v) is 0.894. The van der Waals surface area contributed by atoms with Crippen molar-refractivity contribution < 1.29 is 24.4 Å². The molecule has 0 saturated heterocycles. The number of aromatic nitrogens is 2. The molecule has 1 rings (SSSR count). The van der Waals surface area contributed by atoms with Gasteiger partial charge in [0.15, 0.2) is 0 Å². The smallest absolute Gasteiger partial charge is 0.360 e. The molecular formula is C4H2N2O5. The van der Waals surface area contributed by atoms with E-state index in [2.05, 4.69) is 14.9 Å². The highest BCUT2D eigenvalue weighted by molar-refractivity contribution is 5.98. The number of rotatable bonds is 2. The molecule has 0 unspecified atom stereocenters. The summed E-state index contributed by atoms with van der Waals surface area (Å²) in [5, 5.41) is 22.3. The van der Waals surface area contributed by atoms with Gasteiger partial charge in [0.2, 0.25) is 11.4 Å². The molecule has 0 aliphatic rings. The second-order valence-electron chi connectivity index (χ2n) is 1.57. The molecule has 7 nitrogen and oxygen atoms in total. The second kappa shape index (κ2) is 2.37. The predicted octanol–water partition coefficient (Wildman–Crippen LogP) is -0.534. The van der Waals surface area contributed by atoms with Crippen molar-refractivity contribution in [2.75, 3.05) is 0 Å². The quantitative estimate of drug-likeness (QED) is 0.594. The summed E-state index contributed by atoms with van der Waals surface area (Å²) in [6.07, 6.45) is 0. The van der Waals surface area contributed by atoms with Crippen LogP contribution in [-0.2, 0) is 0 Å². The molecule has 11 heavy (non-hydrogen) atoms. The molecule has 1 heterocycles. The van der Waals surface area contributed by atoms with Crippen LogP contribution in [0.2, 0.25) is 0 Å². The van der Waals surface area contributed by atoms with Crippen molar-refractivity contribution in [2.24, 2.45) is 0 Å². The maximum Gasteiger partial charge on any atom is 0.360 e. The highest BCUT2D eigenvalue weighted by Gasteiger charge is 2.22. The molecule has 58 valence electrons. The van der Waals surface area contributed by atoms with Gasteiger partial charge in [-0.25, -0.2) is 14.2 Å². The maximum atomic E-state index is 10.2. The molecule has 0 saturated carbocycles. The van der Waals surface area contributed by atoms with Crippen LogP contribution in [0.1, 0.15) is 21.0 Å². The molecule has 0 atom stereocenters. The average molecular weight is 158 g/mol. The Kier molecular flexibility index (Phi) is 1.55. The summed E-state index contributed by atoms with van der Waals surface area (Å²) in [6, 6.07) is 0. The van der Waals surface area contributed by atoms with Gasteiger partial charge in [-0.3, -0.25) is 0 Å². The standard InChI is InChI=1S/C4H2N2O5/c7-3(8)1-2(4(9)10)6-11-5-1/h(H,7,8)(H,9,10). The minimum Gasteiger partial charge on any atom is -0.476 e. The number of carbonyl (C=O) groups is 2. The maximum absolute atomic E-state index is 10.2. The second-order valence-corrected chi connectivity index (χ2v) is 1.57. The van der Waals surface area contributed by atoms with Crippen LogP contribution in [-0.4, -0.2) is 32.5 Å². The van der Waals surface area contributed by atoms with Crippen molar-refractivity contribution in [1.82, 2.24) is 10.3 Å². The topological polar surface area (TPSA) is 114 Å². The first kappa shape index (κ1) is 7.19. The molecule has 1 aromatic heterocycles. The van der Waals surface area contributed by atoms with Gasteiger partial charge in [0.05, 0.1) is 0 Å². The highest BCUT2D eigenvalue weighted by atomic mass is 16.6. The lowest BCUT2D eigenvalue weighted by Gasteiger charge is -1.83. The fourth-order valence-corrected chi connectivity index (χ4v) is 0.469. The fourth-order valence-electron chi connectivity index (χ4n) is 0.469. The van der Waals surface area contributed by atoms with Crippen LogP contribution in [0, 0.1) is 0 Å². The van der Waals surface area contributed by atoms with E-state index < -0.39 is 23.3 Å². The molecule has 0 aromatic carbocycles. The molecule has 0 spiro atoms. The zero-order valence-corrected chi connectivity index (χ0v) is 5.01. The van der Waals surface area contributed by atoms with Crippen LogP contribution in [0.5, 0.6) is 0 Å². The highest BCUT2D eigenvalue weighted by Crippen LogP contribution is 2.01. The van der Waals surface area contributed by atoms with Gasteiger partial charge in [-0.15, -0.1) is 0 Å². The Hall–Kier alpha value is -1.92. The van der Waals surface area contributed by atoms with Crippen LogP contribution < -0.4 is 0 Å². The van der Waals surface area contributed by atoms with E-state index in [9.17, 15) is 9.59 Å². The van der Waals surface area contributed by atoms with Crippen LogP contribution >= 0.6 is 0 Å². The van der Waals surface area contributed by atoms with Crippen molar-refractivity contribution in [3.05, 3.63) is 11.4 Å². The van der Waals surface area contributed by atoms with E-state index in [-0.39, 0.29) is 0 Å². The number of aromatic carboxylic acids is 2. The Balaban J connectivity index is 3.16. The normalized spacial score (nSPS) is 9.45. The van der Waals surface area contributed by atoms with E-state index in [0.29, 0.717) is 0 Å². The van der Waals surface area contributed by atoms with E-state index >= 15 is 0 Å². The number of carboxylic acid groups (broad SMARTS) is 2. The van der Waals surface area contributed by atoms with Gasteiger partial charge in [-0.05, 0) is 10.3 Å². The SMILES string of the molecule is O=C(O)c1nonc1C(=O)O. The average Bonchev–Trinajstić information content (AvgIpc) is 2.32. The van der Waals surface area contributed by atoms with Gasteiger partial charge in [0.25, 0.3) is 0 Å². The first-order chi connectivity index (χ1) is 5.13. The summed E-state index contributed by atoms with van der Waals surface area (Å²) >= 11 is 0. The Morgan fingerprint density at radius 1 is 1.09 bits per heavy atom. The largest absolute Gasteiger partial charge is 0.476 e. The lowest BCUT2D eigenvalue weighted by atomic mass is 10.3. The molecule has 1 aromatic rings. The van der Waals surface area contributed by atoms with Crippen molar-refractivity contribution >= 4 is 11.9 Å². The fraction of sp³-hybridized carbons (Fsp3) is 0. The first-order valence-corrected chi connectivity index (χ1v) is 2.42. The Morgan fingerprint density at radius 3 is 1.73 bits per heavy atom.